The van der Waals surface area contributed by atoms with E-state index in [9.17, 15) is 0 Å². The molecular weight excluding hydrogens is 1730 g/mol. The van der Waals surface area contributed by atoms with Gasteiger partial charge in [0.2, 0.25) is 17.8 Å². The summed E-state index contributed by atoms with van der Waals surface area (Å²) in [6.07, 6.45) is 9.28. The third kappa shape index (κ3) is 14.7. The number of hydrogen-bond acceptors (Lipinski definition) is 8. The van der Waals surface area contributed by atoms with E-state index in [2.05, 4.69) is 417 Å². The van der Waals surface area contributed by atoms with E-state index in [-0.39, 0.29) is 5.54 Å². The molecule has 0 saturated carbocycles. The molecule has 0 fully saturated rings. The number of pyridine rings is 1. The van der Waals surface area contributed by atoms with Gasteiger partial charge in [0.25, 0.3) is 0 Å². The monoisotopic (exact) mass is 1820 g/mol. The van der Waals surface area contributed by atoms with Crippen LogP contribution in [-0.4, -0.2) is 67.3 Å². The standard InChI is InChI=1S/C46H30N4.C43H33N5.C39H25N5/c1-3-11-31(12-4-1)32-19-21-33(22-20-32)36-29-47-46(48-30-36)50-43-18-10-8-16-39(43)41-28-35(24-26-45(41)50)34-23-25-44-40(27-34)38-15-7-9-17-42(38)49(44)37-13-5-2-6-14-37;1-43(2,3)48-38-21-13-11-18-32(38)34-24-22-31(27-39(34)48)30-23-25-37-35(26-30)33-19-10-12-20-36(33)47(37)42-45-40(28-14-6-4-7-15-28)44-41(46-42)29-16-8-5-9-17-29;1-2-10-29(11-3-1)43-35-14-6-4-12-30(35)32-23-26(16-18-37(32)43)27-17-19-38-33(24-27)31-13-5-7-15-36(31)44(38)39-41-22-20-34(42-39)28-9-8-21-40-25-28/h1-30H;4-27H,1-3H3;1-25H. The van der Waals surface area contributed by atoms with E-state index in [0.717, 1.165) is 88.8 Å². The molecule has 14 nitrogen and oxygen atoms in total. The average Bonchev–Trinajstić information content (AvgIpc) is 1.59. The number of hydrogen-bond donors (Lipinski definition) is 0. The molecule has 0 aliphatic carbocycles. The van der Waals surface area contributed by atoms with Gasteiger partial charge in [0, 0.05) is 140 Å². The lowest BCUT2D eigenvalue weighted by Crippen LogP contribution is -2.21. The number of rotatable bonds is 13. The Hall–Kier alpha value is -18.9. The smallest absolute Gasteiger partial charge is 0.238 e. The number of fused-ring (bicyclic) bond motifs is 18. The van der Waals surface area contributed by atoms with Crippen LogP contribution in [0.15, 0.2) is 480 Å². The number of nitrogens with zero attached hydrogens (tertiary/aromatic N) is 14. The van der Waals surface area contributed by atoms with Crippen molar-refractivity contribution in [3.8, 4) is 119 Å². The normalized spacial score (nSPS) is 11.8. The largest absolute Gasteiger partial charge is 0.335 e. The molecule has 142 heavy (non-hydrogen) atoms. The van der Waals surface area contributed by atoms with Crippen molar-refractivity contribution in [2.45, 2.75) is 26.3 Å². The van der Waals surface area contributed by atoms with Gasteiger partial charge in [0.05, 0.1) is 66.4 Å². The van der Waals surface area contributed by atoms with E-state index in [4.69, 9.17) is 34.9 Å². The van der Waals surface area contributed by atoms with Gasteiger partial charge in [-0.15, -0.1) is 0 Å². The van der Waals surface area contributed by atoms with Gasteiger partial charge in [-0.1, -0.05) is 303 Å². The molecule has 28 rings (SSSR count). The molecule has 0 atom stereocenters. The third-order valence-corrected chi connectivity index (χ3v) is 27.6. The van der Waals surface area contributed by atoms with Gasteiger partial charge in [0.1, 0.15) is 0 Å². The number of aromatic nitrogens is 14. The summed E-state index contributed by atoms with van der Waals surface area (Å²) in [7, 11) is 0. The Morgan fingerprint density at radius 3 is 0.887 bits per heavy atom. The Bertz CT molecular complexity index is 9680. The Labute approximate surface area is 817 Å². The van der Waals surface area contributed by atoms with Gasteiger partial charge < -0.3 is 13.7 Å². The highest BCUT2D eigenvalue weighted by atomic mass is 15.2. The fourth-order valence-electron chi connectivity index (χ4n) is 21.1. The van der Waals surface area contributed by atoms with Crippen molar-refractivity contribution in [2.75, 3.05) is 0 Å². The van der Waals surface area contributed by atoms with Gasteiger partial charge in [0.15, 0.2) is 11.6 Å². The Balaban J connectivity index is 0.000000109. The molecule has 0 saturated heterocycles. The fraction of sp³-hybridized carbons (Fsp3) is 0.0312. The van der Waals surface area contributed by atoms with Crippen LogP contribution in [-0.2, 0) is 5.54 Å². The van der Waals surface area contributed by atoms with Crippen LogP contribution in [0, 0.1) is 0 Å². The number of benzene rings is 18. The van der Waals surface area contributed by atoms with E-state index in [0.29, 0.717) is 29.5 Å². The third-order valence-electron chi connectivity index (χ3n) is 27.6. The zero-order chi connectivity index (χ0) is 94.5. The van der Waals surface area contributed by atoms with Gasteiger partial charge in [-0.2, -0.15) is 9.97 Å². The van der Waals surface area contributed by atoms with Crippen LogP contribution in [0.2, 0.25) is 0 Å². The van der Waals surface area contributed by atoms with Crippen LogP contribution in [0.1, 0.15) is 20.8 Å². The SMILES string of the molecule is CC(C)(C)n1c2ccccc2c2ccc(-c3ccc4c(c3)c3ccccc3n4-c3nc(-c4ccccc4)nc(-c4ccccc4)n3)cc21.c1ccc(-c2ccc(-c3cnc(-n4c5ccccc5c5cc(-c6ccc7c(c6)c6ccccc6n7-c6ccccc6)ccc54)nc3)cc2)cc1.c1ccc(-n2c3ccccc3c3cc(-c4ccc5c(c4)c4ccccc4n5-c4nccc(-c5cccnc5)n4)ccc32)cc1. The summed E-state index contributed by atoms with van der Waals surface area (Å²) in [5.41, 5.74) is 31.2. The maximum absolute atomic E-state index is 5.08. The lowest BCUT2D eigenvalue weighted by Gasteiger charge is -2.24. The van der Waals surface area contributed by atoms with Gasteiger partial charge in [-0.25, -0.2) is 24.9 Å². The van der Waals surface area contributed by atoms with Crippen molar-refractivity contribution in [2.24, 2.45) is 0 Å². The molecule has 0 aliphatic heterocycles. The second-order valence-corrected chi connectivity index (χ2v) is 37.1. The molecule has 14 heteroatoms. The molecule has 10 aromatic heterocycles. The first kappa shape index (κ1) is 83.7. The summed E-state index contributed by atoms with van der Waals surface area (Å²) in [6.45, 7) is 6.83. The van der Waals surface area contributed by atoms with Crippen molar-refractivity contribution in [1.82, 2.24) is 67.3 Å². The first-order valence-electron chi connectivity index (χ1n) is 48.0. The Morgan fingerprint density at radius 1 is 0.176 bits per heavy atom. The predicted molar refractivity (Wildman–Crippen MR) is 585 cm³/mol. The van der Waals surface area contributed by atoms with E-state index in [1.54, 1.807) is 6.20 Å². The minimum atomic E-state index is -0.0703. The molecule has 0 spiro atoms. The Kier molecular flexibility index (Phi) is 20.4. The van der Waals surface area contributed by atoms with Gasteiger partial charge in [-0.05, 0) is 216 Å². The molecule has 0 N–H and O–H groups in total. The second-order valence-electron chi connectivity index (χ2n) is 37.1. The second kappa shape index (κ2) is 34.7. The zero-order valence-corrected chi connectivity index (χ0v) is 77.9. The van der Waals surface area contributed by atoms with Gasteiger partial charge in [-0.3, -0.25) is 18.7 Å². The molecule has 18 aromatic carbocycles. The summed E-state index contributed by atoms with van der Waals surface area (Å²) in [5.74, 6) is 3.18. The Morgan fingerprint density at radius 2 is 0.479 bits per heavy atom. The molecule has 0 radical (unpaired) electrons. The van der Waals surface area contributed by atoms with E-state index in [1.807, 2.05) is 110 Å². The highest BCUT2D eigenvalue weighted by Gasteiger charge is 2.26. The van der Waals surface area contributed by atoms with Crippen molar-refractivity contribution < 1.29 is 0 Å². The van der Waals surface area contributed by atoms with E-state index < -0.39 is 0 Å². The summed E-state index contributed by atoms with van der Waals surface area (Å²) < 4.78 is 13.7. The van der Waals surface area contributed by atoms with Crippen molar-refractivity contribution in [3.05, 3.63) is 480 Å². The van der Waals surface area contributed by atoms with Crippen LogP contribution >= 0.6 is 0 Å². The molecule has 670 valence electrons. The molecule has 28 aromatic rings. The molecule has 10 heterocycles. The lowest BCUT2D eigenvalue weighted by atomic mass is 10.0. The van der Waals surface area contributed by atoms with Crippen molar-refractivity contribution >= 4 is 131 Å². The zero-order valence-electron chi connectivity index (χ0n) is 77.9. The summed E-state index contributed by atoms with van der Waals surface area (Å²) in [6, 6.07) is 159. The summed E-state index contributed by atoms with van der Waals surface area (Å²) in [5, 5.41) is 14.5. The average molecular weight is 1820 g/mol. The molecular formula is C128H88N14. The maximum Gasteiger partial charge on any atom is 0.238 e. The molecule has 0 bridgehead atoms. The lowest BCUT2D eigenvalue weighted by molar-refractivity contribution is 0.423. The summed E-state index contributed by atoms with van der Waals surface area (Å²) in [4.78, 5) is 38.8. The molecule has 0 amide bonds. The van der Waals surface area contributed by atoms with Crippen LogP contribution in [0.4, 0.5) is 0 Å². The minimum Gasteiger partial charge on any atom is -0.335 e. The van der Waals surface area contributed by atoms with Gasteiger partial charge >= 0.3 is 0 Å². The quantitative estimate of drug-likeness (QED) is 0.111. The fourth-order valence-corrected chi connectivity index (χ4v) is 21.1. The van der Waals surface area contributed by atoms with Crippen LogP contribution in [0.25, 0.3) is 250 Å². The molecule has 0 aliphatic rings. The van der Waals surface area contributed by atoms with E-state index >= 15 is 0 Å². The highest BCUT2D eigenvalue weighted by molar-refractivity contribution is 6.17. The van der Waals surface area contributed by atoms with Crippen LogP contribution in [0.3, 0.4) is 0 Å². The van der Waals surface area contributed by atoms with Crippen molar-refractivity contribution in [3.63, 3.8) is 0 Å². The summed E-state index contributed by atoms with van der Waals surface area (Å²) >= 11 is 0. The predicted octanol–water partition coefficient (Wildman–Crippen LogP) is 31.9. The van der Waals surface area contributed by atoms with Crippen molar-refractivity contribution in [1.29, 1.82) is 0 Å². The topological polar surface area (TPSA) is 133 Å². The number of para-hydroxylation sites is 8. The maximum atomic E-state index is 5.08. The van der Waals surface area contributed by atoms with E-state index in [1.165, 1.54) is 131 Å². The minimum absolute atomic E-state index is 0.0703. The highest BCUT2D eigenvalue weighted by Crippen LogP contribution is 2.45. The first-order valence-corrected chi connectivity index (χ1v) is 48.0. The van der Waals surface area contributed by atoms with Crippen LogP contribution in [0.5, 0.6) is 0 Å². The first-order chi connectivity index (χ1) is 70.1. The van der Waals surface area contributed by atoms with Crippen LogP contribution < -0.4 is 0 Å². The molecule has 0 unspecified atom stereocenters.